The van der Waals surface area contributed by atoms with Gasteiger partial charge in [0.25, 0.3) is 0 Å². The lowest BCUT2D eigenvalue weighted by molar-refractivity contribution is 2.95. The Morgan fingerprint density at radius 3 is 1.25 bits per heavy atom. The van der Waals surface area contributed by atoms with E-state index in [0.29, 0.717) is 0 Å². The summed E-state index contributed by atoms with van der Waals surface area (Å²) in [5.41, 5.74) is 4.80. The maximum absolute atomic E-state index is 2.88. The van der Waals surface area contributed by atoms with E-state index in [9.17, 15) is 0 Å². The largest absolute Gasteiger partial charge is 0.146 e. The summed E-state index contributed by atoms with van der Waals surface area (Å²) in [5.74, 6) is 0. The Morgan fingerprint density at radius 2 is 1.25 bits per heavy atom. The van der Waals surface area contributed by atoms with Gasteiger partial charge in [-0.25, -0.2) is 0 Å². The van der Waals surface area contributed by atoms with Crippen LogP contribution < -0.4 is 0 Å². The molecule has 0 nitrogen and oxygen atoms in total. The Labute approximate surface area is 32.4 Å². The molecule has 0 aromatic carbocycles. The van der Waals surface area contributed by atoms with Crippen molar-refractivity contribution in [3.05, 3.63) is 0 Å². The summed E-state index contributed by atoms with van der Waals surface area (Å²) in [6.07, 6.45) is 0. The first-order valence-corrected chi connectivity index (χ1v) is 1.75. The predicted octanol–water partition coefficient (Wildman–Crippen LogP) is -0.758. The fourth-order valence-corrected chi connectivity index (χ4v) is 0. The van der Waals surface area contributed by atoms with Crippen LogP contribution in [0, 0.1) is 11.1 Å². The molecule has 16 valence electrons. The molecule has 0 bridgehead atoms. The Hall–Kier alpha value is -0.00623. The van der Waals surface area contributed by atoms with Crippen molar-refractivity contribution < 1.29 is 0 Å². The minimum atomic E-state index is 2.40. The van der Waals surface area contributed by atoms with E-state index in [0.717, 1.165) is 0 Å². The van der Waals surface area contributed by atoms with E-state index < -0.39 is 0 Å². The normalized spacial score (nSPS) is 3.50. The molecule has 0 rings (SSSR count). The summed E-state index contributed by atoms with van der Waals surface area (Å²) in [6, 6.07) is 0. The molecule has 4 heavy (non-hydrogen) atoms. The highest BCUT2D eigenvalue weighted by Gasteiger charge is 1.30. The molecule has 0 atom stereocenters. The van der Waals surface area contributed by atoms with E-state index in [2.05, 4.69) is 31.6 Å². The van der Waals surface area contributed by atoms with Crippen LogP contribution in [0.15, 0.2) is 0 Å². The highest BCUT2D eigenvalue weighted by molar-refractivity contribution is 6.30. The van der Waals surface area contributed by atoms with E-state index in [1.54, 1.807) is 0 Å². The Morgan fingerprint density at radius 1 is 1.00 bits per heavy atom. The zero-order valence-corrected chi connectivity index (χ0v) is 4.00. The maximum Gasteiger partial charge on any atom is 0.146 e. The van der Waals surface area contributed by atoms with Gasteiger partial charge in [0.05, 0.1) is 0 Å². The van der Waals surface area contributed by atoms with Gasteiger partial charge in [-0.05, 0) is 0 Å². The molecule has 6 radical (unpaired) electrons. The SMILES string of the molecule is [Si]C#C[Si]. The third-order valence-corrected chi connectivity index (χ3v) is 0.562. The molecular weight excluding hydrogens is 80.2 g/mol. The standard InChI is InChI=1S/C2Si2/c3-1-2-4. The van der Waals surface area contributed by atoms with Crippen LogP contribution in [0.3, 0.4) is 0 Å². The molecule has 0 N–H and O–H groups in total. The lowest BCUT2D eigenvalue weighted by Crippen LogP contribution is -1.48. The third-order valence-electron chi connectivity index (χ3n) is 0.0625. The monoisotopic (exact) mass is 80.0 g/mol. The van der Waals surface area contributed by atoms with Crippen molar-refractivity contribution in [1.82, 2.24) is 0 Å². The molecule has 0 fully saturated rings. The van der Waals surface area contributed by atoms with Gasteiger partial charge in [-0.2, -0.15) is 0 Å². The molecule has 0 heterocycles. The minimum absolute atomic E-state index is 2.40. The van der Waals surface area contributed by atoms with Crippen LogP contribution in [0.2, 0.25) is 0 Å². The van der Waals surface area contributed by atoms with Crippen molar-refractivity contribution in [2.75, 3.05) is 0 Å². The first kappa shape index (κ1) is 3.99. The van der Waals surface area contributed by atoms with Crippen LogP contribution in [0.25, 0.3) is 0 Å². The van der Waals surface area contributed by atoms with Gasteiger partial charge < -0.3 is 0 Å². The second-order valence-electron chi connectivity index (χ2n) is 0.250. The van der Waals surface area contributed by atoms with Gasteiger partial charge >= 0.3 is 0 Å². The average Bonchev–Trinajstić information content (AvgIpc) is 1.37. The smallest absolute Gasteiger partial charge is 0.146 e. The lowest BCUT2D eigenvalue weighted by atomic mass is 11.4. The average molecular weight is 80.2 g/mol. The van der Waals surface area contributed by atoms with Crippen molar-refractivity contribution in [2.24, 2.45) is 0 Å². The Kier molecular flexibility index (Phi) is 2.99. The number of hydrogen-bond acceptors (Lipinski definition) is 0. The van der Waals surface area contributed by atoms with E-state index in [4.69, 9.17) is 0 Å². The van der Waals surface area contributed by atoms with E-state index in [-0.39, 0.29) is 0 Å². The van der Waals surface area contributed by atoms with Crippen molar-refractivity contribution >= 4 is 20.5 Å². The van der Waals surface area contributed by atoms with Crippen molar-refractivity contribution in [1.29, 1.82) is 0 Å². The zero-order chi connectivity index (χ0) is 3.41. The van der Waals surface area contributed by atoms with Gasteiger partial charge in [0.15, 0.2) is 0 Å². The summed E-state index contributed by atoms with van der Waals surface area (Å²) in [6.45, 7) is 0. The molecule has 0 aliphatic carbocycles. The van der Waals surface area contributed by atoms with Gasteiger partial charge in [0.2, 0.25) is 0 Å². The maximum atomic E-state index is 2.88. The highest BCUT2D eigenvalue weighted by Crippen LogP contribution is 1.21. The summed E-state index contributed by atoms with van der Waals surface area (Å²) in [4.78, 5) is 0. The van der Waals surface area contributed by atoms with Crippen LogP contribution in [0.1, 0.15) is 0 Å². The van der Waals surface area contributed by atoms with E-state index in [1.807, 2.05) is 0 Å². The first-order valence-electron chi connectivity index (χ1n) is 0.750. The highest BCUT2D eigenvalue weighted by atomic mass is 28.2. The molecule has 0 aromatic heterocycles. The van der Waals surface area contributed by atoms with Crippen LogP contribution in [-0.2, 0) is 0 Å². The van der Waals surface area contributed by atoms with Crippen LogP contribution >= 0.6 is 0 Å². The second kappa shape index (κ2) is 2.99. The summed E-state index contributed by atoms with van der Waals surface area (Å²) < 4.78 is 0. The van der Waals surface area contributed by atoms with Crippen molar-refractivity contribution in [2.45, 2.75) is 0 Å². The molecule has 0 aliphatic rings. The summed E-state index contributed by atoms with van der Waals surface area (Å²) >= 11 is 0. The fourth-order valence-electron chi connectivity index (χ4n) is 0. The Balaban J connectivity index is 2.83. The van der Waals surface area contributed by atoms with Crippen LogP contribution in [0.5, 0.6) is 0 Å². The minimum Gasteiger partial charge on any atom is -0.146 e. The van der Waals surface area contributed by atoms with Gasteiger partial charge in [0.1, 0.15) is 20.5 Å². The molecule has 0 unspecified atom stereocenters. The predicted molar refractivity (Wildman–Crippen MR) is 19.3 cm³/mol. The zero-order valence-electron chi connectivity index (χ0n) is 2.00. The molecule has 0 saturated carbocycles. The molecule has 0 aliphatic heterocycles. The lowest BCUT2D eigenvalue weighted by Gasteiger charge is -1.38. The molecule has 0 spiro atoms. The van der Waals surface area contributed by atoms with Gasteiger partial charge in [-0.3, -0.25) is 0 Å². The van der Waals surface area contributed by atoms with Gasteiger partial charge in [0, 0.05) is 0 Å². The number of hydrogen-bond donors (Lipinski definition) is 0. The van der Waals surface area contributed by atoms with Crippen molar-refractivity contribution in [3.8, 4) is 11.1 Å². The van der Waals surface area contributed by atoms with E-state index in [1.165, 1.54) is 0 Å². The van der Waals surface area contributed by atoms with Crippen LogP contribution in [-0.4, -0.2) is 20.5 Å². The third kappa shape index (κ3) is 1.99. The molecule has 0 amide bonds. The fraction of sp³-hybridized carbons (Fsp3) is 0. The van der Waals surface area contributed by atoms with Gasteiger partial charge in [-0.15, -0.1) is 11.1 Å². The molecule has 2 heteroatoms. The first-order chi connectivity index (χ1) is 1.91. The summed E-state index contributed by atoms with van der Waals surface area (Å²) in [5, 5.41) is 0. The summed E-state index contributed by atoms with van der Waals surface area (Å²) in [7, 11) is 5.76. The second-order valence-corrected chi connectivity index (χ2v) is 0.750. The van der Waals surface area contributed by atoms with Gasteiger partial charge in [-0.1, -0.05) is 0 Å². The van der Waals surface area contributed by atoms with Crippen LogP contribution in [0.4, 0.5) is 0 Å². The molecule has 0 saturated heterocycles. The molecule has 0 aromatic rings. The molecular formula is C2Si2. The Bertz CT molecular complexity index is 40.8. The topological polar surface area (TPSA) is 0 Å². The number of rotatable bonds is 0. The van der Waals surface area contributed by atoms with E-state index >= 15 is 0 Å². The van der Waals surface area contributed by atoms with Crippen molar-refractivity contribution in [3.63, 3.8) is 0 Å². The quantitative estimate of drug-likeness (QED) is 0.265.